The van der Waals surface area contributed by atoms with Crippen LogP contribution in [0.3, 0.4) is 0 Å². The Morgan fingerprint density at radius 1 is 1.26 bits per heavy atom. The maximum absolute atomic E-state index is 12.6. The van der Waals surface area contributed by atoms with E-state index in [1.54, 1.807) is 0 Å². The number of hydrogen-bond acceptors (Lipinski definition) is 6. The molecule has 0 aliphatic heterocycles. The van der Waals surface area contributed by atoms with Gasteiger partial charge in [0.05, 0.1) is 12.6 Å². The number of carbonyl (C=O) groups is 1. The van der Waals surface area contributed by atoms with Gasteiger partial charge in [-0.1, -0.05) is 25.1 Å². The van der Waals surface area contributed by atoms with Crippen LogP contribution in [0.5, 0.6) is 0 Å². The van der Waals surface area contributed by atoms with Crippen molar-refractivity contribution in [3.8, 4) is 0 Å². The van der Waals surface area contributed by atoms with Crippen molar-refractivity contribution in [1.82, 2.24) is 5.48 Å². The first-order valence-corrected chi connectivity index (χ1v) is 10.6. The predicted molar refractivity (Wildman–Crippen MR) is 103 cm³/mol. The summed E-state index contributed by atoms with van der Waals surface area (Å²) in [6.45, 7) is 5.48. The van der Waals surface area contributed by atoms with Crippen molar-refractivity contribution < 1.29 is 9.63 Å². The largest absolute Gasteiger partial charge is 0.328 e. The molecule has 0 saturated heterocycles. The number of fused-ring (bicyclic) bond motifs is 5. The van der Waals surface area contributed by atoms with Crippen LogP contribution in [-0.2, 0) is 9.63 Å². The zero-order valence-corrected chi connectivity index (χ0v) is 16.6. The first-order valence-electron chi connectivity index (χ1n) is 10.6. The minimum absolute atomic E-state index is 0.0769. The predicted octanol–water partition coefficient (Wildman–Crippen LogP) is 3.32. The molecule has 3 fully saturated rings. The lowest BCUT2D eigenvalue weighted by atomic mass is 9.45. The number of hydroxylamine groups is 1. The number of nitroso groups, excluding NO2 is 1. The highest BCUT2D eigenvalue weighted by Gasteiger charge is 2.61. The Kier molecular flexibility index (Phi) is 4.91. The number of Topliss-reactive ketones (excluding diaryl/α,β-unsaturated/α-hetero) is 1. The van der Waals surface area contributed by atoms with Crippen molar-refractivity contribution >= 4 is 5.78 Å². The van der Waals surface area contributed by atoms with Gasteiger partial charge in [-0.25, -0.2) is 0 Å². The quantitative estimate of drug-likeness (QED) is 0.437. The average Bonchev–Trinajstić information content (AvgIpc) is 2.96. The van der Waals surface area contributed by atoms with Crippen molar-refractivity contribution in [3.63, 3.8) is 0 Å². The molecule has 4 aliphatic rings. The van der Waals surface area contributed by atoms with Gasteiger partial charge in [0.25, 0.3) is 0 Å². The summed E-state index contributed by atoms with van der Waals surface area (Å²) in [5.41, 5.74) is 9.48. The standard InChI is InChI=1S/C21H33N3O3/c1-20-7-5-13(24-27-10-9-22)11-17(20)18(23-26)12-14-15-3-4-19(25)21(15,2)8-6-16(14)20/h11,14-18,24H,3-10,12,22H2,1-2H3/t14-,15-,16-,17?,18?,20+,21-/m0/s1. The van der Waals surface area contributed by atoms with Crippen LogP contribution in [0.15, 0.2) is 16.9 Å². The SMILES string of the molecule is C[C@]12CCC(NOCCN)=CC1C(N=O)C[C@@H]1[C@@H]2CC[C@]2(C)C(=O)CC[C@@H]12. The van der Waals surface area contributed by atoms with Gasteiger partial charge in [0.15, 0.2) is 0 Å². The maximum atomic E-state index is 12.6. The Bertz CT molecular complexity index is 651. The van der Waals surface area contributed by atoms with Crippen LogP contribution in [0.25, 0.3) is 0 Å². The van der Waals surface area contributed by atoms with E-state index < -0.39 is 0 Å². The zero-order chi connectivity index (χ0) is 19.2. The molecule has 6 nitrogen and oxygen atoms in total. The highest BCUT2D eigenvalue weighted by Crippen LogP contribution is 2.65. The van der Waals surface area contributed by atoms with Crippen LogP contribution in [0.4, 0.5) is 0 Å². The topological polar surface area (TPSA) is 93.8 Å². The van der Waals surface area contributed by atoms with Gasteiger partial charge in [-0.05, 0) is 61.7 Å². The zero-order valence-electron chi connectivity index (χ0n) is 16.6. The summed E-state index contributed by atoms with van der Waals surface area (Å²) in [4.78, 5) is 29.8. The number of nitrogens with one attached hydrogen (secondary N) is 1. The van der Waals surface area contributed by atoms with Gasteiger partial charge >= 0.3 is 0 Å². The number of carbonyl (C=O) groups excluding carboxylic acids is 1. The van der Waals surface area contributed by atoms with Crippen LogP contribution in [0.1, 0.15) is 58.8 Å². The van der Waals surface area contributed by atoms with Crippen LogP contribution < -0.4 is 11.2 Å². The average molecular weight is 376 g/mol. The second kappa shape index (κ2) is 6.96. The molecule has 0 radical (unpaired) electrons. The van der Waals surface area contributed by atoms with Crippen molar-refractivity contribution in [1.29, 1.82) is 0 Å². The van der Waals surface area contributed by atoms with Crippen LogP contribution in [0, 0.1) is 39.4 Å². The third-order valence-electron chi connectivity index (χ3n) is 8.56. The Morgan fingerprint density at radius 2 is 2.07 bits per heavy atom. The van der Waals surface area contributed by atoms with E-state index in [-0.39, 0.29) is 22.8 Å². The molecule has 0 aromatic rings. The Balaban J connectivity index is 1.61. The summed E-state index contributed by atoms with van der Waals surface area (Å²) in [5.74, 6) is 2.06. The number of rotatable bonds is 5. The molecule has 6 heteroatoms. The third kappa shape index (κ3) is 2.87. The fourth-order valence-corrected chi connectivity index (χ4v) is 7.07. The van der Waals surface area contributed by atoms with Crippen LogP contribution in [0.2, 0.25) is 0 Å². The molecular formula is C21H33N3O3. The lowest BCUT2D eigenvalue weighted by Crippen LogP contribution is -2.56. The van der Waals surface area contributed by atoms with Gasteiger partial charge in [0, 0.05) is 30.0 Å². The van der Waals surface area contributed by atoms with E-state index in [9.17, 15) is 9.70 Å². The van der Waals surface area contributed by atoms with Gasteiger partial charge in [-0.3, -0.25) is 15.1 Å². The first kappa shape index (κ1) is 19.1. The minimum Gasteiger partial charge on any atom is -0.328 e. The molecule has 0 heterocycles. The molecule has 0 aromatic carbocycles. The summed E-state index contributed by atoms with van der Waals surface area (Å²) in [6, 6.07) is -0.207. The minimum atomic E-state index is -0.207. The van der Waals surface area contributed by atoms with Crippen molar-refractivity contribution in [2.45, 2.75) is 64.8 Å². The fraction of sp³-hybridized carbons (Fsp3) is 0.857. The van der Waals surface area contributed by atoms with E-state index in [1.165, 1.54) is 0 Å². The summed E-state index contributed by atoms with van der Waals surface area (Å²) in [5, 5.41) is 3.59. The molecule has 2 unspecified atom stereocenters. The lowest BCUT2D eigenvalue weighted by molar-refractivity contribution is -0.136. The first-order chi connectivity index (χ1) is 12.9. The lowest BCUT2D eigenvalue weighted by Gasteiger charge is -2.59. The molecule has 3 N–H and O–H groups in total. The number of allylic oxidation sites excluding steroid dienone is 1. The second-order valence-corrected chi connectivity index (χ2v) is 9.67. The van der Waals surface area contributed by atoms with E-state index in [0.717, 1.165) is 50.6 Å². The van der Waals surface area contributed by atoms with E-state index >= 15 is 0 Å². The highest BCUT2D eigenvalue weighted by molar-refractivity contribution is 5.87. The molecule has 4 rings (SSSR count). The Labute approximate surface area is 161 Å². The van der Waals surface area contributed by atoms with Gasteiger partial charge in [-0.2, -0.15) is 4.91 Å². The van der Waals surface area contributed by atoms with Crippen molar-refractivity contribution in [2.75, 3.05) is 13.2 Å². The van der Waals surface area contributed by atoms with E-state index in [2.05, 4.69) is 30.6 Å². The van der Waals surface area contributed by atoms with Crippen molar-refractivity contribution in [3.05, 3.63) is 16.7 Å². The molecule has 0 bridgehead atoms. The van der Waals surface area contributed by atoms with E-state index in [4.69, 9.17) is 10.6 Å². The van der Waals surface area contributed by atoms with Gasteiger partial charge in [-0.15, -0.1) is 0 Å². The highest BCUT2D eigenvalue weighted by atomic mass is 16.6. The molecule has 150 valence electrons. The molecule has 0 amide bonds. The molecule has 0 spiro atoms. The normalized spacial score (nSPS) is 46.1. The molecule has 7 atom stereocenters. The summed E-state index contributed by atoms with van der Waals surface area (Å²) < 4.78 is 0. The van der Waals surface area contributed by atoms with Crippen LogP contribution >= 0.6 is 0 Å². The smallest absolute Gasteiger partial charge is 0.139 e. The summed E-state index contributed by atoms with van der Waals surface area (Å²) in [7, 11) is 0. The Hall–Kier alpha value is -1.27. The number of hydrogen-bond donors (Lipinski definition) is 2. The van der Waals surface area contributed by atoms with Crippen LogP contribution in [-0.4, -0.2) is 25.0 Å². The van der Waals surface area contributed by atoms with Gasteiger partial charge < -0.3 is 5.73 Å². The van der Waals surface area contributed by atoms with E-state index in [0.29, 0.717) is 36.7 Å². The summed E-state index contributed by atoms with van der Waals surface area (Å²) >= 11 is 0. The molecule has 27 heavy (non-hydrogen) atoms. The molecule has 3 saturated carbocycles. The second-order valence-electron chi connectivity index (χ2n) is 9.67. The van der Waals surface area contributed by atoms with Gasteiger partial charge in [0.2, 0.25) is 0 Å². The molecular weight excluding hydrogens is 342 g/mol. The Morgan fingerprint density at radius 3 is 2.81 bits per heavy atom. The fourth-order valence-electron chi connectivity index (χ4n) is 7.07. The monoisotopic (exact) mass is 375 g/mol. The number of nitrogens with zero attached hydrogens (tertiary/aromatic N) is 1. The molecule has 4 aliphatic carbocycles. The van der Waals surface area contributed by atoms with E-state index in [1.807, 2.05) is 0 Å². The number of ketones is 1. The summed E-state index contributed by atoms with van der Waals surface area (Å²) in [6.07, 6.45) is 8.82. The maximum Gasteiger partial charge on any atom is 0.139 e. The number of nitrogens with two attached hydrogens (primary N) is 1. The van der Waals surface area contributed by atoms with Gasteiger partial charge in [0.1, 0.15) is 5.78 Å². The van der Waals surface area contributed by atoms with Crippen molar-refractivity contribution in [2.24, 2.45) is 45.4 Å². The third-order valence-corrected chi connectivity index (χ3v) is 8.56. The molecule has 0 aromatic heterocycles.